The van der Waals surface area contributed by atoms with Crippen molar-refractivity contribution in [2.45, 2.75) is 33.2 Å². The number of hydrogen-bond donors (Lipinski definition) is 2. The first-order chi connectivity index (χ1) is 10.0. The van der Waals surface area contributed by atoms with E-state index in [0.717, 1.165) is 16.9 Å². The quantitative estimate of drug-likeness (QED) is 0.870. The lowest BCUT2D eigenvalue weighted by Crippen LogP contribution is -2.14. The third-order valence-electron chi connectivity index (χ3n) is 3.11. The Hall–Kier alpha value is -2.29. The second-order valence-corrected chi connectivity index (χ2v) is 5.59. The second-order valence-electron chi connectivity index (χ2n) is 5.59. The molecule has 0 saturated heterocycles. The summed E-state index contributed by atoms with van der Waals surface area (Å²) in [4.78, 5) is 12.0. The number of rotatable bonds is 5. The maximum atomic E-state index is 12.0. The molecule has 0 saturated carbocycles. The van der Waals surface area contributed by atoms with E-state index in [-0.39, 0.29) is 5.91 Å². The average molecular weight is 282 g/mol. The predicted octanol–water partition coefficient (Wildman–Crippen LogP) is 4.00. The van der Waals surface area contributed by atoms with Gasteiger partial charge in [0, 0.05) is 17.4 Å². The highest BCUT2D eigenvalue weighted by molar-refractivity contribution is 5.92. The molecular formula is C18H22N2O. The Morgan fingerprint density at radius 3 is 2.10 bits per heavy atom. The number of benzene rings is 2. The molecule has 110 valence electrons. The summed E-state index contributed by atoms with van der Waals surface area (Å²) in [7, 11) is 0. The van der Waals surface area contributed by atoms with Gasteiger partial charge in [0.05, 0.1) is 6.42 Å². The molecule has 0 aliphatic rings. The molecule has 2 rings (SSSR count). The number of anilines is 2. The SMILES string of the molecule is Cc1ccc(CC(=O)Nc2ccc(NC(C)C)cc2)cc1. The number of carbonyl (C=O) groups excluding carboxylic acids is 1. The Labute approximate surface area is 126 Å². The predicted molar refractivity (Wildman–Crippen MR) is 88.7 cm³/mol. The van der Waals surface area contributed by atoms with Crippen molar-refractivity contribution in [3.05, 3.63) is 59.7 Å². The number of aryl methyl sites for hydroxylation is 1. The molecule has 0 aliphatic carbocycles. The van der Waals surface area contributed by atoms with Crippen molar-refractivity contribution in [3.8, 4) is 0 Å². The highest BCUT2D eigenvalue weighted by Gasteiger charge is 2.04. The highest BCUT2D eigenvalue weighted by Crippen LogP contribution is 2.15. The number of amides is 1. The van der Waals surface area contributed by atoms with E-state index in [1.54, 1.807) is 0 Å². The molecule has 0 spiro atoms. The first-order valence-corrected chi connectivity index (χ1v) is 7.25. The zero-order valence-electron chi connectivity index (χ0n) is 12.8. The average Bonchev–Trinajstić information content (AvgIpc) is 2.43. The van der Waals surface area contributed by atoms with Crippen molar-refractivity contribution < 1.29 is 4.79 Å². The highest BCUT2D eigenvalue weighted by atomic mass is 16.1. The van der Waals surface area contributed by atoms with Crippen LogP contribution in [0.3, 0.4) is 0 Å². The monoisotopic (exact) mass is 282 g/mol. The normalized spacial score (nSPS) is 10.5. The lowest BCUT2D eigenvalue weighted by atomic mass is 10.1. The second kappa shape index (κ2) is 6.93. The van der Waals surface area contributed by atoms with Gasteiger partial charge in [-0.15, -0.1) is 0 Å². The van der Waals surface area contributed by atoms with Gasteiger partial charge in [-0.3, -0.25) is 4.79 Å². The number of hydrogen-bond acceptors (Lipinski definition) is 2. The van der Waals surface area contributed by atoms with Crippen molar-refractivity contribution in [1.82, 2.24) is 0 Å². The Morgan fingerprint density at radius 2 is 1.52 bits per heavy atom. The molecule has 0 aliphatic heterocycles. The van der Waals surface area contributed by atoms with Crippen LogP contribution in [0.1, 0.15) is 25.0 Å². The molecule has 0 heterocycles. The zero-order chi connectivity index (χ0) is 15.2. The van der Waals surface area contributed by atoms with Crippen LogP contribution in [0.5, 0.6) is 0 Å². The summed E-state index contributed by atoms with van der Waals surface area (Å²) in [6.07, 6.45) is 0.395. The van der Waals surface area contributed by atoms with Gasteiger partial charge in [0.25, 0.3) is 0 Å². The molecule has 0 bridgehead atoms. The van der Waals surface area contributed by atoms with Crippen LogP contribution in [-0.4, -0.2) is 11.9 Å². The van der Waals surface area contributed by atoms with Crippen molar-refractivity contribution in [2.24, 2.45) is 0 Å². The summed E-state index contributed by atoms with van der Waals surface area (Å²) in [6.45, 7) is 6.23. The molecule has 0 unspecified atom stereocenters. The molecule has 0 atom stereocenters. The molecule has 2 aromatic carbocycles. The van der Waals surface area contributed by atoms with Gasteiger partial charge >= 0.3 is 0 Å². The Morgan fingerprint density at radius 1 is 0.952 bits per heavy atom. The van der Waals surface area contributed by atoms with Crippen LogP contribution in [-0.2, 0) is 11.2 Å². The van der Waals surface area contributed by atoms with Crippen molar-refractivity contribution in [1.29, 1.82) is 0 Å². The smallest absolute Gasteiger partial charge is 0.228 e. The van der Waals surface area contributed by atoms with Gasteiger partial charge in [0.15, 0.2) is 0 Å². The Bertz CT molecular complexity index is 586. The molecule has 1 amide bonds. The van der Waals surface area contributed by atoms with Crippen LogP contribution in [0, 0.1) is 6.92 Å². The molecule has 3 nitrogen and oxygen atoms in total. The fourth-order valence-corrected chi connectivity index (χ4v) is 2.08. The zero-order valence-corrected chi connectivity index (χ0v) is 12.8. The molecule has 21 heavy (non-hydrogen) atoms. The molecule has 0 aromatic heterocycles. The van der Waals surface area contributed by atoms with Crippen LogP contribution in [0.15, 0.2) is 48.5 Å². The number of nitrogens with one attached hydrogen (secondary N) is 2. The summed E-state index contributed by atoms with van der Waals surface area (Å²) in [5.41, 5.74) is 4.10. The molecule has 2 aromatic rings. The van der Waals surface area contributed by atoms with Crippen LogP contribution in [0.25, 0.3) is 0 Å². The van der Waals surface area contributed by atoms with E-state index in [2.05, 4.69) is 24.5 Å². The molecule has 0 fully saturated rings. The van der Waals surface area contributed by atoms with E-state index < -0.39 is 0 Å². The topological polar surface area (TPSA) is 41.1 Å². The summed E-state index contributed by atoms with van der Waals surface area (Å²) in [5, 5.41) is 6.24. The fourth-order valence-electron chi connectivity index (χ4n) is 2.08. The molecule has 2 N–H and O–H groups in total. The largest absolute Gasteiger partial charge is 0.383 e. The minimum Gasteiger partial charge on any atom is -0.383 e. The molecular weight excluding hydrogens is 260 g/mol. The van der Waals surface area contributed by atoms with Gasteiger partial charge in [-0.2, -0.15) is 0 Å². The van der Waals surface area contributed by atoms with Crippen LogP contribution in [0.4, 0.5) is 11.4 Å². The lowest BCUT2D eigenvalue weighted by molar-refractivity contribution is -0.115. The van der Waals surface area contributed by atoms with E-state index in [9.17, 15) is 4.79 Å². The maximum absolute atomic E-state index is 12.0. The first kappa shape index (κ1) is 15.1. The van der Waals surface area contributed by atoms with Gasteiger partial charge in [-0.05, 0) is 50.6 Å². The first-order valence-electron chi connectivity index (χ1n) is 7.25. The van der Waals surface area contributed by atoms with Gasteiger partial charge in [-0.25, -0.2) is 0 Å². The molecule has 0 radical (unpaired) electrons. The summed E-state index contributed by atoms with van der Waals surface area (Å²) in [6, 6.07) is 16.2. The van der Waals surface area contributed by atoms with Crippen LogP contribution >= 0.6 is 0 Å². The van der Waals surface area contributed by atoms with Crippen molar-refractivity contribution in [2.75, 3.05) is 10.6 Å². The Kier molecular flexibility index (Phi) is 4.99. The third kappa shape index (κ3) is 4.95. The van der Waals surface area contributed by atoms with Crippen molar-refractivity contribution in [3.63, 3.8) is 0 Å². The molecule has 3 heteroatoms. The maximum Gasteiger partial charge on any atom is 0.228 e. The van der Waals surface area contributed by atoms with Crippen molar-refractivity contribution >= 4 is 17.3 Å². The summed E-state index contributed by atoms with van der Waals surface area (Å²) >= 11 is 0. The lowest BCUT2D eigenvalue weighted by Gasteiger charge is -2.11. The van der Waals surface area contributed by atoms with E-state index in [1.807, 2.05) is 55.5 Å². The van der Waals surface area contributed by atoms with E-state index in [4.69, 9.17) is 0 Å². The van der Waals surface area contributed by atoms with Crippen LogP contribution < -0.4 is 10.6 Å². The van der Waals surface area contributed by atoms with E-state index in [1.165, 1.54) is 5.56 Å². The third-order valence-corrected chi connectivity index (χ3v) is 3.11. The standard InChI is InChI=1S/C18H22N2O/c1-13(2)19-16-8-10-17(11-9-16)20-18(21)12-15-6-4-14(3)5-7-15/h4-11,13,19H,12H2,1-3H3,(H,20,21). The summed E-state index contributed by atoms with van der Waals surface area (Å²) < 4.78 is 0. The Balaban J connectivity index is 1.91. The summed E-state index contributed by atoms with van der Waals surface area (Å²) in [5.74, 6) is 0.00317. The van der Waals surface area contributed by atoms with Gasteiger partial charge in [0.1, 0.15) is 0 Å². The van der Waals surface area contributed by atoms with E-state index >= 15 is 0 Å². The minimum absolute atomic E-state index is 0.00317. The number of carbonyl (C=O) groups is 1. The van der Waals surface area contributed by atoms with Gasteiger partial charge in [0.2, 0.25) is 5.91 Å². The fraction of sp³-hybridized carbons (Fsp3) is 0.278. The van der Waals surface area contributed by atoms with Crippen LogP contribution in [0.2, 0.25) is 0 Å². The van der Waals surface area contributed by atoms with E-state index in [0.29, 0.717) is 12.5 Å². The van der Waals surface area contributed by atoms with Gasteiger partial charge < -0.3 is 10.6 Å². The van der Waals surface area contributed by atoms with Gasteiger partial charge in [-0.1, -0.05) is 29.8 Å². The minimum atomic E-state index is 0.00317.